The lowest BCUT2D eigenvalue weighted by Gasteiger charge is -2.12. The number of fused-ring (bicyclic) bond motifs is 1. The molecule has 0 saturated heterocycles. The van der Waals surface area contributed by atoms with Crippen LogP contribution in [0.4, 0.5) is 5.69 Å². The summed E-state index contributed by atoms with van der Waals surface area (Å²) in [5, 5.41) is 9.81. The SMILES string of the molecule is COc1ccc(C=C2C(=O)N(C)c3cc(Cl)c(-c4ccc(-c5ccncc5)cc4)cc32)cc1CC(=O)O. The Hall–Kier alpha value is -4.42. The summed E-state index contributed by atoms with van der Waals surface area (Å²) in [5.74, 6) is -0.629. The number of carboxylic acid groups (broad SMARTS) is 1. The Morgan fingerprint density at radius 3 is 2.32 bits per heavy atom. The number of pyridine rings is 1. The summed E-state index contributed by atoms with van der Waals surface area (Å²) in [6.07, 6.45) is 5.12. The zero-order valence-electron chi connectivity index (χ0n) is 20.2. The van der Waals surface area contributed by atoms with E-state index < -0.39 is 5.97 Å². The lowest BCUT2D eigenvalue weighted by molar-refractivity contribution is -0.136. The molecule has 1 aliphatic rings. The lowest BCUT2D eigenvalue weighted by atomic mass is 9.96. The van der Waals surface area contributed by atoms with E-state index in [1.165, 1.54) is 7.11 Å². The summed E-state index contributed by atoms with van der Waals surface area (Å²) < 4.78 is 5.30. The molecule has 0 atom stereocenters. The van der Waals surface area contributed by atoms with Crippen LogP contribution in [0.15, 0.2) is 79.1 Å². The molecule has 6 nitrogen and oxygen atoms in total. The van der Waals surface area contributed by atoms with Gasteiger partial charge in [-0.05, 0) is 64.7 Å². The number of carboxylic acids is 1. The maximum absolute atomic E-state index is 13.2. The highest BCUT2D eigenvalue weighted by Crippen LogP contribution is 2.43. The van der Waals surface area contributed by atoms with Gasteiger partial charge in [0.05, 0.1) is 24.2 Å². The van der Waals surface area contributed by atoms with Gasteiger partial charge in [0.2, 0.25) is 0 Å². The minimum atomic E-state index is -0.959. The van der Waals surface area contributed by atoms with Crippen molar-refractivity contribution in [3.63, 3.8) is 0 Å². The van der Waals surface area contributed by atoms with Crippen molar-refractivity contribution in [2.75, 3.05) is 19.1 Å². The van der Waals surface area contributed by atoms with Crippen molar-refractivity contribution >= 4 is 40.8 Å². The van der Waals surface area contributed by atoms with Crippen LogP contribution in [0, 0.1) is 0 Å². The molecule has 184 valence electrons. The molecule has 7 heteroatoms. The minimum absolute atomic E-state index is 0.160. The quantitative estimate of drug-likeness (QED) is 0.311. The smallest absolute Gasteiger partial charge is 0.307 e. The molecule has 0 bridgehead atoms. The summed E-state index contributed by atoms with van der Waals surface area (Å²) in [5.41, 5.74) is 7.12. The average molecular weight is 511 g/mol. The molecule has 0 unspecified atom stereocenters. The van der Waals surface area contributed by atoms with Crippen molar-refractivity contribution in [2.45, 2.75) is 6.42 Å². The third kappa shape index (κ3) is 4.71. The predicted octanol–water partition coefficient (Wildman–Crippen LogP) is 6.22. The summed E-state index contributed by atoms with van der Waals surface area (Å²) in [6, 6.07) is 21.0. The molecule has 5 rings (SSSR count). The van der Waals surface area contributed by atoms with Crippen LogP contribution in [-0.2, 0) is 16.0 Å². The molecule has 0 aliphatic carbocycles. The van der Waals surface area contributed by atoms with E-state index >= 15 is 0 Å². The third-order valence-corrected chi connectivity index (χ3v) is 6.75. The minimum Gasteiger partial charge on any atom is -0.496 e. The number of rotatable bonds is 6. The van der Waals surface area contributed by atoms with Gasteiger partial charge in [0.1, 0.15) is 5.75 Å². The van der Waals surface area contributed by atoms with E-state index in [1.807, 2.05) is 48.5 Å². The van der Waals surface area contributed by atoms with E-state index in [2.05, 4.69) is 4.98 Å². The van der Waals surface area contributed by atoms with E-state index in [0.29, 0.717) is 27.5 Å². The second kappa shape index (κ2) is 9.91. The van der Waals surface area contributed by atoms with E-state index in [1.54, 1.807) is 48.6 Å². The molecule has 0 saturated carbocycles. The molecule has 3 aromatic carbocycles. The van der Waals surface area contributed by atoms with Gasteiger partial charge in [0.25, 0.3) is 5.91 Å². The van der Waals surface area contributed by atoms with E-state index in [0.717, 1.165) is 33.5 Å². The van der Waals surface area contributed by atoms with Gasteiger partial charge in [-0.15, -0.1) is 0 Å². The van der Waals surface area contributed by atoms with Crippen LogP contribution in [0.5, 0.6) is 5.75 Å². The van der Waals surface area contributed by atoms with Crippen LogP contribution in [0.3, 0.4) is 0 Å². The zero-order valence-corrected chi connectivity index (χ0v) is 21.0. The number of halogens is 1. The Bertz CT molecular complexity index is 1550. The molecule has 1 aromatic heterocycles. The molecule has 37 heavy (non-hydrogen) atoms. The lowest BCUT2D eigenvalue weighted by Crippen LogP contribution is -2.20. The summed E-state index contributed by atoms with van der Waals surface area (Å²) >= 11 is 6.69. The summed E-state index contributed by atoms with van der Waals surface area (Å²) in [7, 11) is 3.21. The monoisotopic (exact) mass is 510 g/mol. The maximum Gasteiger partial charge on any atom is 0.307 e. The molecule has 1 N–H and O–H groups in total. The van der Waals surface area contributed by atoms with E-state index in [-0.39, 0.29) is 12.3 Å². The molecule has 2 heterocycles. The van der Waals surface area contributed by atoms with Gasteiger partial charge in [-0.25, -0.2) is 0 Å². The van der Waals surface area contributed by atoms with Crippen molar-refractivity contribution < 1.29 is 19.4 Å². The number of nitrogens with zero attached hydrogens (tertiary/aromatic N) is 2. The van der Waals surface area contributed by atoms with Crippen molar-refractivity contribution in [2.24, 2.45) is 0 Å². The summed E-state index contributed by atoms with van der Waals surface area (Å²) in [6.45, 7) is 0. The normalized spacial score (nSPS) is 13.6. The highest BCUT2D eigenvalue weighted by molar-refractivity contribution is 6.38. The number of likely N-dealkylation sites (N-methyl/N-ethyl adjacent to an activating group) is 1. The average Bonchev–Trinajstić information content (AvgIpc) is 3.12. The first-order valence-electron chi connectivity index (χ1n) is 11.6. The fourth-order valence-corrected chi connectivity index (χ4v) is 4.83. The maximum atomic E-state index is 13.2. The van der Waals surface area contributed by atoms with Gasteiger partial charge in [0, 0.05) is 41.7 Å². The molecular formula is C30H23ClN2O4. The molecule has 1 aliphatic heterocycles. The second-order valence-electron chi connectivity index (χ2n) is 8.73. The van der Waals surface area contributed by atoms with Crippen LogP contribution in [-0.4, -0.2) is 36.1 Å². The topological polar surface area (TPSA) is 79.7 Å². The van der Waals surface area contributed by atoms with Crippen molar-refractivity contribution in [1.82, 2.24) is 4.98 Å². The van der Waals surface area contributed by atoms with E-state index in [9.17, 15) is 14.7 Å². The number of amides is 1. The first kappa shape index (κ1) is 24.3. The highest BCUT2D eigenvalue weighted by Gasteiger charge is 2.31. The van der Waals surface area contributed by atoms with Gasteiger partial charge in [-0.1, -0.05) is 41.9 Å². The number of carbonyl (C=O) groups is 2. The molecule has 1 amide bonds. The van der Waals surface area contributed by atoms with E-state index in [4.69, 9.17) is 16.3 Å². The third-order valence-electron chi connectivity index (χ3n) is 6.44. The Morgan fingerprint density at radius 2 is 1.65 bits per heavy atom. The summed E-state index contributed by atoms with van der Waals surface area (Å²) in [4.78, 5) is 30.2. The number of carbonyl (C=O) groups excluding carboxylic acids is 1. The first-order chi connectivity index (χ1) is 17.9. The fourth-order valence-electron chi connectivity index (χ4n) is 4.56. The van der Waals surface area contributed by atoms with Crippen LogP contribution in [0.1, 0.15) is 16.7 Å². The van der Waals surface area contributed by atoms with Gasteiger partial charge < -0.3 is 14.7 Å². The first-order valence-corrected chi connectivity index (χ1v) is 12.0. The Kier molecular flexibility index (Phi) is 6.51. The highest BCUT2D eigenvalue weighted by atomic mass is 35.5. The predicted molar refractivity (Wildman–Crippen MR) is 146 cm³/mol. The standard InChI is InChI=1S/C30H23ClN2O4/c1-33-27-17-26(31)23(21-6-4-19(5-7-21)20-9-11-32-12-10-20)16-24(27)25(30(33)36)14-18-3-8-28(37-2)22(13-18)15-29(34)35/h3-14,16-17H,15H2,1-2H3,(H,34,35). The van der Waals surface area contributed by atoms with Gasteiger partial charge in [-0.3, -0.25) is 14.6 Å². The number of aliphatic carboxylic acids is 1. The molecule has 0 radical (unpaired) electrons. The Balaban J connectivity index is 1.56. The van der Waals surface area contributed by atoms with Crippen molar-refractivity contribution in [3.8, 4) is 28.0 Å². The van der Waals surface area contributed by atoms with Gasteiger partial charge in [-0.2, -0.15) is 0 Å². The Labute approximate surface area is 219 Å². The molecule has 0 spiro atoms. The fraction of sp³-hybridized carbons (Fsp3) is 0.100. The zero-order chi connectivity index (χ0) is 26.1. The van der Waals surface area contributed by atoms with Crippen LogP contribution >= 0.6 is 11.6 Å². The van der Waals surface area contributed by atoms with Crippen LogP contribution in [0.25, 0.3) is 33.9 Å². The molecule has 4 aromatic rings. The second-order valence-corrected chi connectivity index (χ2v) is 9.13. The number of ether oxygens (including phenoxy) is 1. The van der Waals surface area contributed by atoms with Crippen molar-refractivity contribution in [1.29, 1.82) is 0 Å². The van der Waals surface area contributed by atoms with Crippen LogP contribution < -0.4 is 9.64 Å². The number of anilines is 1. The Morgan fingerprint density at radius 1 is 0.973 bits per heavy atom. The van der Waals surface area contributed by atoms with Gasteiger partial charge in [0.15, 0.2) is 0 Å². The largest absolute Gasteiger partial charge is 0.496 e. The molecular weight excluding hydrogens is 488 g/mol. The number of hydrogen-bond acceptors (Lipinski definition) is 4. The molecule has 0 fully saturated rings. The van der Waals surface area contributed by atoms with Crippen LogP contribution in [0.2, 0.25) is 5.02 Å². The number of aromatic nitrogens is 1. The van der Waals surface area contributed by atoms with Gasteiger partial charge >= 0.3 is 5.97 Å². The number of benzene rings is 3. The van der Waals surface area contributed by atoms with Crippen molar-refractivity contribution in [3.05, 3.63) is 101 Å². The number of hydrogen-bond donors (Lipinski definition) is 1. The number of methoxy groups -OCH3 is 1.